The van der Waals surface area contributed by atoms with Gasteiger partial charge < -0.3 is 19.9 Å². The van der Waals surface area contributed by atoms with Crippen molar-refractivity contribution >= 4 is 36.1 Å². The molecule has 0 unspecified atom stereocenters. The first kappa shape index (κ1) is 24.1. The van der Waals surface area contributed by atoms with E-state index in [2.05, 4.69) is 62.6 Å². The number of fused-ring (bicyclic) bond motifs is 1. The first-order valence-electron chi connectivity index (χ1n) is 10.5. The van der Waals surface area contributed by atoms with Gasteiger partial charge in [0.1, 0.15) is 17.9 Å². The summed E-state index contributed by atoms with van der Waals surface area (Å²) in [7, 11) is 5.27. The van der Waals surface area contributed by atoms with Crippen LogP contribution in [-0.4, -0.2) is 41.1 Å². The highest BCUT2D eigenvalue weighted by atomic mass is 32.1. The zero-order chi connectivity index (χ0) is 22.7. The molecular weight excluding hydrogens is 434 g/mol. The van der Waals surface area contributed by atoms with Crippen molar-refractivity contribution in [1.82, 2.24) is 19.9 Å². The van der Waals surface area contributed by atoms with Gasteiger partial charge in [-0.25, -0.2) is 9.97 Å². The highest BCUT2D eigenvalue weighted by Crippen LogP contribution is 2.29. The van der Waals surface area contributed by atoms with E-state index in [4.69, 9.17) is 4.74 Å². The average Bonchev–Trinajstić information content (AvgIpc) is 3.21. The van der Waals surface area contributed by atoms with Crippen LogP contribution in [-0.2, 0) is 7.05 Å². The highest BCUT2D eigenvalue weighted by Gasteiger charge is 2.15. The van der Waals surface area contributed by atoms with Crippen LogP contribution in [0.1, 0.15) is 28.8 Å². The lowest BCUT2D eigenvalue weighted by molar-refractivity contribution is 0.0962. The monoisotopic (exact) mass is 463 g/mol. The number of aromatic nitrogens is 3. The van der Waals surface area contributed by atoms with Crippen molar-refractivity contribution < 1.29 is 9.53 Å². The SMILES string of the molecule is CNC(=O)c1ccc([C@H](C)CNc2cc(-c3ccc4c(ccn4C)c3)ncn2)c(OC)c1.S. The van der Waals surface area contributed by atoms with Crippen LogP contribution in [0.25, 0.3) is 22.2 Å². The zero-order valence-electron chi connectivity index (χ0n) is 19.2. The first-order chi connectivity index (χ1) is 15.5. The van der Waals surface area contributed by atoms with Gasteiger partial charge in [0.05, 0.1) is 12.8 Å². The first-order valence-corrected chi connectivity index (χ1v) is 10.5. The Kier molecular flexibility index (Phi) is 7.60. The van der Waals surface area contributed by atoms with E-state index in [0.29, 0.717) is 17.9 Å². The van der Waals surface area contributed by atoms with Crippen LogP contribution in [0.4, 0.5) is 5.82 Å². The van der Waals surface area contributed by atoms with E-state index < -0.39 is 0 Å². The minimum absolute atomic E-state index is 0. The molecule has 172 valence electrons. The molecule has 0 fully saturated rings. The summed E-state index contributed by atoms with van der Waals surface area (Å²) < 4.78 is 7.63. The molecule has 1 amide bonds. The number of aryl methyl sites for hydroxylation is 1. The van der Waals surface area contributed by atoms with Crippen LogP contribution >= 0.6 is 13.5 Å². The Morgan fingerprint density at radius 3 is 2.70 bits per heavy atom. The van der Waals surface area contributed by atoms with Gasteiger partial charge in [-0.15, -0.1) is 0 Å². The largest absolute Gasteiger partial charge is 0.496 e. The molecule has 2 aromatic heterocycles. The molecule has 4 aromatic rings. The van der Waals surface area contributed by atoms with Crippen molar-refractivity contribution in [3.05, 3.63) is 72.2 Å². The van der Waals surface area contributed by atoms with Crippen molar-refractivity contribution in [3.8, 4) is 17.0 Å². The Balaban J connectivity index is 0.00000306. The van der Waals surface area contributed by atoms with Crippen molar-refractivity contribution in [2.75, 3.05) is 26.0 Å². The zero-order valence-corrected chi connectivity index (χ0v) is 20.2. The Bertz CT molecular complexity index is 1270. The molecular formula is C25H29N5O2S. The third kappa shape index (κ3) is 5.12. The maximum atomic E-state index is 11.9. The minimum Gasteiger partial charge on any atom is -0.496 e. The predicted molar refractivity (Wildman–Crippen MR) is 138 cm³/mol. The lowest BCUT2D eigenvalue weighted by Gasteiger charge is -2.17. The summed E-state index contributed by atoms with van der Waals surface area (Å²) >= 11 is 0. The second kappa shape index (κ2) is 10.4. The van der Waals surface area contributed by atoms with Crippen molar-refractivity contribution in [3.63, 3.8) is 0 Å². The molecule has 0 bridgehead atoms. The van der Waals surface area contributed by atoms with Crippen molar-refractivity contribution in [2.24, 2.45) is 7.05 Å². The van der Waals surface area contributed by atoms with Crippen LogP contribution in [0.15, 0.2) is 61.1 Å². The number of amides is 1. The second-order valence-corrected chi connectivity index (χ2v) is 7.81. The average molecular weight is 464 g/mol. The standard InChI is InChI=1S/C25H27N5O2.H2S/c1-16(20-7-5-19(25(31)26-2)12-23(20)32-4)14-27-24-13-21(28-15-29-24)17-6-8-22-18(11-17)9-10-30(22)3;/h5-13,15-16H,14H2,1-4H3,(H,26,31)(H,27,28,29);1H2/t16-;/m1./s1. The van der Waals surface area contributed by atoms with E-state index in [0.717, 1.165) is 22.6 Å². The number of methoxy groups -OCH3 is 1. The Morgan fingerprint density at radius 1 is 1.12 bits per heavy atom. The third-order valence-corrected chi connectivity index (χ3v) is 5.69. The fourth-order valence-electron chi connectivity index (χ4n) is 3.82. The minimum atomic E-state index is -0.136. The van der Waals surface area contributed by atoms with Gasteiger partial charge in [-0.1, -0.05) is 19.1 Å². The summed E-state index contributed by atoms with van der Waals surface area (Å²) in [6, 6.07) is 15.9. The number of ether oxygens (including phenoxy) is 1. The van der Waals surface area contributed by atoms with Crippen LogP contribution in [0.2, 0.25) is 0 Å². The molecule has 1 atom stereocenters. The molecule has 0 spiro atoms. The number of nitrogens with zero attached hydrogens (tertiary/aromatic N) is 3. The molecule has 33 heavy (non-hydrogen) atoms. The fraction of sp³-hybridized carbons (Fsp3) is 0.240. The molecule has 2 N–H and O–H groups in total. The van der Waals surface area contributed by atoms with Crippen LogP contribution in [0.5, 0.6) is 5.75 Å². The molecule has 2 heterocycles. The van der Waals surface area contributed by atoms with E-state index in [9.17, 15) is 4.79 Å². The quantitative estimate of drug-likeness (QED) is 0.426. The lowest BCUT2D eigenvalue weighted by Crippen LogP contribution is -2.18. The van der Waals surface area contributed by atoms with E-state index in [1.807, 2.05) is 25.2 Å². The lowest BCUT2D eigenvalue weighted by atomic mass is 9.98. The molecule has 8 heteroatoms. The molecule has 4 rings (SSSR count). The number of carbonyl (C=O) groups excluding carboxylic acids is 1. The number of rotatable bonds is 7. The number of benzene rings is 2. The van der Waals surface area contributed by atoms with Gasteiger partial charge in [-0.2, -0.15) is 13.5 Å². The highest BCUT2D eigenvalue weighted by molar-refractivity contribution is 7.59. The maximum absolute atomic E-state index is 11.9. The fourth-order valence-corrected chi connectivity index (χ4v) is 3.82. The molecule has 0 radical (unpaired) electrons. The second-order valence-electron chi connectivity index (χ2n) is 7.81. The van der Waals surface area contributed by atoms with Crippen LogP contribution in [0, 0.1) is 0 Å². The molecule has 0 saturated carbocycles. The number of anilines is 1. The third-order valence-electron chi connectivity index (χ3n) is 5.69. The van der Waals surface area contributed by atoms with Gasteiger partial charge in [0, 0.05) is 60.9 Å². The number of nitrogens with one attached hydrogen (secondary N) is 2. The summed E-state index contributed by atoms with van der Waals surface area (Å²) in [6.45, 7) is 2.76. The van der Waals surface area contributed by atoms with Gasteiger partial charge in [0.25, 0.3) is 5.91 Å². The topological polar surface area (TPSA) is 81.1 Å². The van der Waals surface area contributed by atoms with E-state index >= 15 is 0 Å². The van der Waals surface area contributed by atoms with E-state index in [1.165, 1.54) is 10.9 Å². The summed E-state index contributed by atoms with van der Waals surface area (Å²) in [5.74, 6) is 1.46. The van der Waals surface area contributed by atoms with E-state index in [1.54, 1.807) is 26.6 Å². The van der Waals surface area contributed by atoms with Gasteiger partial charge in [-0.3, -0.25) is 4.79 Å². The number of carbonyl (C=O) groups is 1. The molecule has 0 saturated heterocycles. The molecule has 0 aliphatic heterocycles. The Morgan fingerprint density at radius 2 is 1.94 bits per heavy atom. The van der Waals surface area contributed by atoms with Gasteiger partial charge >= 0.3 is 0 Å². The smallest absolute Gasteiger partial charge is 0.251 e. The van der Waals surface area contributed by atoms with Gasteiger partial charge in [0.15, 0.2) is 0 Å². The Hall–Kier alpha value is -3.52. The summed E-state index contributed by atoms with van der Waals surface area (Å²) in [6.07, 6.45) is 3.63. The van der Waals surface area contributed by atoms with Gasteiger partial charge in [-0.05, 0) is 35.9 Å². The maximum Gasteiger partial charge on any atom is 0.251 e. The molecule has 2 aromatic carbocycles. The number of hydrogen-bond donors (Lipinski definition) is 2. The molecule has 7 nitrogen and oxygen atoms in total. The summed E-state index contributed by atoms with van der Waals surface area (Å²) in [4.78, 5) is 20.7. The Labute approximate surface area is 200 Å². The predicted octanol–water partition coefficient (Wildman–Crippen LogP) is 4.33. The van der Waals surface area contributed by atoms with Gasteiger partial charge in [0.2, 0.25) is 0 Å². The summed E-state index contributed by atoms with van der Waals surface area (Å²) in [5.41, 5.74) is 4.70. The van der Waals surface area contributed by atoms with Crippen molar-refractivity contribution in [2.45, 2.75) is 12.8 Å². The van der Waals surface area contributed by atoms with Crippen LogP contribution < -0.4 is 15.4 Å². The molecule has 0 aliphatic carbocycles. The normalized spacial score (nSPS) is 11.5. The van der Waals surface area contributed by atoms with Crippen LogP contribution in [0.3, 0.4) is 0 Å². The number of hydrogen-bond acceptors (Lipinski definition) is 5. The molecule has 0 aliphatic rings. The summed E-state index contributed by atoms with van der Waals surface area (Å²) in [5, 5.41) is 7.22. The van der Waals surface area contributed by atoms with Crippen molar-refractivity contribution in [1.29, 1.82) is 0 Å². The van der Waals surface area contributed by atoms with E-state index in [-0.39, 0.29) is 25.3 Å².